The van der Waals surface area contributed by atoms with Gasteiger partial charge in [-0.2, -0.15) is 0 Å². The molecule has 4 rings (SSSR count). The van der Waals surface area contributed by atoms with Gasteiger partial charge in [0.2, 0.25) is 5.89 Å². The first kappa shape index (κ1) is 16.6. The summed E-state index contributed by atoms with van der Waals surface area (Å²) in [5.41, 5.74) is 0.990. The number of aromatic nitrogens is 2. The summed E-state index contributed by atoms with van der Waals surface area (Å²) in [6, 6.07) is 11.6. The number of rotatable bonds is 6. The van der Waals surface area contributed by atoms with Gasteiger partial charge in [0.1, 0.15) is 17.6 Å². The van der Waals surface area contributed by atoms with Gasteiger partial charge >= 0.3 is 0 Å². The molecule has 3 aromatic rings. The standard InChI is InChI=1S/C20H21N3O3/c1-24-16-6-4-15(5-7-16)19-12-22-20(26-19)14-23-10-8-18(13-23)25-17-3-2-9-21-11-17/h2-7,9,11-12,18H,8,10,13-14H2,1H3. The third kappa shape index (κ3) is 3.86. The Hall–Kier alpha value is -2.86. The van der Waals surface area contributed by atoms with Crippen LogP contribution in [0, 0.1) is 0 Å². The summed E-state index contributed by atoms with van der Waals surface area (Å²) in [7, 11) is 1.66. The van der Waals surface area contributed by atoms with Gasteiger partial charge in [-0.3, -0.25) is 9.88 Å². The normalized spacial score (nSPS) is 17.3. The number of methoxy groups -OCH3 is 1. The highest BCUT2D eigenvalue weighted by Crippen LogP contribution is 2.24. The van der Waals surface area contributed by atoms with Crippen LogP contribution in [0.4, 0.5) is 0 Å². The Bertz CT molecular complexity index is 833. The van der Waals surface area contributed by atoms with Crippen molar-refractivity contribution in [3.05, 3.63) is 60.9 Å². The van der Waals surface area contributed by atoms with E-state index in [0.717, 1.165) is 48.2 Å². The van der Waals surface area contributed by atoms with Gasteiger partial charge in [-0.05, 0) is 42.8 Å². The minimum Gasteiger partial charge on any atom is -0.497 e. The molecule has 1 fully saturated rings. The number of benzene rings is 1. The van der Waals surface area contributed by atoms with Crippen molar-refractivity contribution in [2.24, 2.45) is 0 Å². The molecule has 6 nitrogen and oxygen atoms in total. The number of hydrogen-bond acceptors (Lipinski definition) is 6. The van der Waals surface area contributed by atoms with Crippen LogP contribution in [0.5, 0.6) is 11.5 Å². The van der Waals surface area contributed by atoms with Crippen LogP contribution in [-0.4, -0.2) is 41.2 Å². The Morgan fingerprint density at radius 1 is 1.15 bits per heavy atom. The molecule has 1 atom stereocenters. The van der Waals surface area contributed by atoms with Gasteiger partial charge in [0.25, 0.3) is 0 Å². The van der Waals surface area contributed by atoms with Crippen LogP contribution in [0.2, 0.25) is 0 Å². The smallest absolute Gasteiger partial charge is 0.209 e. The first-order valence-corrected chi connectivity index (χ1v) is 8.68. The second-order valence-corrected chi connectivity index (χ2v) is 6.30. The maximum Gasteiger partial charge on any atom is 0.209 e. The highest BCUT2D eigenvalue weighted by atomic mass is 16.5. The summed E-state index contributed by atoms with van der Waals surface area (Å²) in [5.74, 6) is 3.13. The van der Waals surface area contributed by atoms with Gasteiger partial charge < -0.3 is 13.9 Å². The molecule has 1 aliphatic heterocycles. The van der Waals surface area contributed by atoms with E-state index in [1.165, 1.54) is 0 Å². The Morgan fingerprint density at radius 2 is 2.04 bits per heavy atom. The Morgan fingerprint density at radius 3 is 2.81 bits per heavy atom. The lowest BCUT2D eigenvalue weighted by molar-refractivity contribution is 0.193. The molecule has 6 heteroatoms. The summed E-state index contributed by atoms with van der Waals surface area (Å²) >= 11 is 0. The summed E-state index contributed by atoms with van der Waals surface area (Å²) in [5, 5.41) is 0. The van der Waals surface area contributed by atoms with Crippen molar-refractivity contribution in [2.45, 2.75) is 19.1 Å². The first-order chi connectivity index (χ1) is 12.8. The van der Waals surface area contributed by atoms with Crippen LogP contribution in [-0.2, 0) is 6.54 Å². The average Bonchev–Trinajstić information content (AvgIpc) is 3.33. The van der Waals surface area contributed by atoms with E-state index in [2.05, 4.69) is 14.9 Å². The van der Waals surface area contributed by atoms with Crippen LogP contribution < -0.4 is 9.47 Å². The molecular formula is C20H21N3O3. The van der Waals surface area contributed by atoms with Gasteiger partial charge in [-0.1, -0.05) is 0 Å². The third-order valence-corrected chi connectivity index (χ3v) is 4.45. The molecule has 0 bridgehead atoms. The van der Waals surface area contributed by atoms with Crippen molar-refractivity contribution < 1.29 is 13.9 Å². The molecule has 26 heavy (non-hydrogen) atoms. The van der Waals surface area contributed by atoms with E-state index in [-0.39, 0.29) is 6.10 Å². The maximum atomic E-state index is 5.97. The second-order valence-electron chi connectivity index (χ2n) is 6.30. The van der Waals surface area contributed by atoms with Gasteiger partial charge in [0, 0.05) is 24.8 Å². The van der Waals surface area contributed by atoms with Gasteiger partial charge in [-0.15, -0.1) is 0 Å². The molecule has 1 unspecified atom stereocenters. The lowest BCUT2D eigenvalue weighted by atomic mass is 10.2. The molecule has 2 aromatic heterocycles. The number of oxazole rings is 1. The molecule has 3 heterocycles. The minimum atomic E-state index is 0.176. The highest BCUT2D eigenvalue weighted by Gasteiger charge is 2.25. The Kier molecular flexibility index (Phi) is 4.84. The van der Waals surface area contributed by atoms with E-state index < -0.39 is 0 Å². The van der Waals surface area contributed by atoms with E-state index in [1.807, 2.05) is 36.4 Å². The number of pyridine rings is 1. The van der Waals surface area contributed by atoms with Crippen molar-refractivity contribution in [1.29, 1.82) is 0 Å². The average molecular weight is 351 g/mol. The predicted molar refractivity (Wildman–Crippen MR) is 97.0 cm³/mol. The van der Waals surface area contributed by atoms with Gasteiger partial charge in [0.05, 0.1) is 26.0 Å². The predicted octanol–water partition coefficient (Wildman–Crippen LogP) is 3.40. The zero-order chi connectivity index (χ0) is 17.8. The van der Waals surface area contributed by atoms with Crippen molar-refractivity contribution in [3.63, 3.8) is 0 Å². The molecular weight excluding hydrogens is 330 g/mol. The van der Waals surface area contributed by atoms with Crippen molar-refractivity contribution in [2.75, 3.05) is 20.2 Å². The van der Waals surface area contributed by atoms with E-state index >= 15 is 0 Å². The molecule has 0 radical (unpaired) electrons. The lowest BCUT2D eigenvalue weighted by Gasteiger charge is -2.15. The van der Waals surface area contributed by atoms with Crippen LogP contribution in [0.25, 0.3) is 11.3 Å². The van der Waals surface area contributed by atoms with Crippen molar-refractivity contribution >= 4 is 0 Å². The number of hydrogen-bond donors (Lipinski definition) is 0. The zero-order valence-electron chi connectivity index (χ0n) is 14.7. The van der Waals surface area contributed by atoms with Crippen LogP contribution in [0.3, 0.4) is 0 Å². The number of ether oxygens (including phenoxy) is 2. The lowest BCUT2D eigenvalue weighted by Crippen LogP contribution is -2.24. The van der Waals surface area contributed by atoms with Gasteiger partial charge in [-0.25, -0.2) is 4.98 Å². The second kappa shape index (κ2) is 7.58. The number of likely N-dealkylation sites (tertiary alicyclic amines) is 1. The number of nitrogens with zero attached hydrogens (tertiary/aromatic N) is 3. The summed E-state index contributed by atoms with van der Waals surface area (Å²) in [6.07, 6.45) is 6.43. The molecule has 0 amide bonds. The SMILES string of the molecule is COc1ccc(-c2cnc(CN3CCC(Oc4cccnc4)C3)o2)cc1. The molecule has 0 aliphatic carbocycles. The monoisotopic (exact) mass is 351 g/mol. The Balaban J connectivity index is 1.34. The summed E-state index contributed by atoms with van der Waals surface area (Å²) in [6.45, 7) is 2.50. The van der Waals surface area contributed by atoms with E-state index in [1.54, 1.807) is 25.7 Å². The molecule has 0 spiro atoms. The molecule has 0 N–H and O–H groups in total. The molecule has 0 saturated carbocycles. The minimum absolute atomic E-state index is 0.176. The fraction of sp³-hybridized carbons (Fsp3) is 0.300. The first-order valence-electron chi connectivity index (χ1n) is 8.68. The molecule has 1 aromatic carbocycles. The van der Waals surface area contributed by atoms with Crippen LogP contribution in [0.1, 0.15) is 12.3 Å². The van der Waals surface area contributed by atoms with Gasteiger partial charge in [0.15, 0.2) is 5.76 Å². The fourth-order valence-corrected chi connectivity index (χ4v) is 3.11. The van der Waals surface area contributed by atoms with E-state index in [0.29, 0.717) is 6.54 Å². The maximum absolute atomic E-state index is 5.97. The van der Waals surface area contributed by atoms with E-state index in [9.17, 15) is 0 Å². The Labute approximate surface area is 152 Å². The molecule has 1 saturated heterocycles. The summed E-state index contributed by atoms with van der Waals surface area (Å²) < 4.78 is 17.1. The largest absolute Gasteiger partial charge is 0.497 e. The zero-order valence-corrected chi connectivity index (χ0v) is 14.7. The van der Waals surface area contributed by atoms with Crippen LogP contribution in [0.15, 0.2) is 59.4 Å². The van der Waals surface area contributed by atoms with E-state index in [4.69, 9.17) is 13.9 Å². The van der Waals surface area contributed by atoms with Crippen molar-refractivity contribution in [1.82, 2.24) is 14.9 Å². The molecule has 134 valence electrons. The van der Waals surface area contributed by atoms with Crippen LogP contribution >= 0.6 is 0 Å². The van der Waals surface area contributed by atoms with Crippen molar-refractivity contribution in [3.8, 4) is 22.8 Å². The highest BCUT2D eigenvalue weighted by molar-refractivity contribution is 5.57. The molecule has 1 aliphatic rings. The summed E-state index contributed by atoms with van der Waals surface area (Å²) in [4.78, 5) is 10.8. The topological polar surface area (TPSA) is 60.6 Å². The fourth-order valence-electron chi connectivity index (χ4n) is 3.11. The third-order valence-electron chi connectivity index (χ3n) is 4.45. The quantitative estimate of drug-likeness (QED) is 0.678.